The van der Waals surface area contributed by atoms with Crippen molar-refractivity contribution in [2.24, 2.45) is 5.92 Å². The molecule has 0 saturated carbocycles. The third-order valence-electron chi connectivity index (χ3n) is 4.39. The molecule has 0 fully saturated rings. The molecular formula is C23H28ClF2NO3. The van der Waals surface area contributed by atoms with Crippen LogP contribution in [-0.4, -0.2) is 29.6 Å². The molecule has 2 atom stereocenters. The molecule has 7 heteroatoms. The minimum Gasteiger partial charge on any atom is -0.393 e. The SMILES string of the molecule is C=C/C(=C\C(C)=C\C(=O)CC(C)CCCC(F)CO)C(=O)Nc1ccc(F)c(Cl)c1. The van der Waals surface area contributed by atoms with E-state index in [9.17, 15) is 18.4 Å². The maximum absolute atomic E-state index is 13.2. The van der Waals surface area contributed by atoms with E-state index in [0.29, 0.717) is 30.5 Å². The highest BCUT2D eigenvalue weighted by atomic mass is 35.5. The van der Waals surface area contributed by atoms with Gasteiger partial charge in [0.1, 0.15) is 12.0 Å². The van der Waals surface area contributed by atoms with Gasteiger partial charge in [0.25, 0.3) is 5.91 Å². The number of ketones is 1. The first kappa shape index (κ1) is 25.7. The molecule has 164 valence electrons. The van der Waals surface area contributed by atoms with Crippen molar-refractivity contribution in [2.45, 2.75) is 45.7 Å². The number of carbonyl (C=O) groups excluding carboxylic acids is 2. The molecule has 0 aliphatic heterocycles. The first-order chi connectivity index (χ1) is 14.2. The van der Waals surface area contributed by atoms with Gasteiger partial charge >= 0.3 is 0 Å². The monoisotopic (exact) mass is 439 g/mol. The maximum atomic E-state index is 13.2. The van der Waals surface area contributed by atoms with Crippen LogP contribution in [-0.2, 0) is 9.59 Å². The van der Waals surface area contributed by atoms with Crippen molar-refractivity contribution in [3.63, 3.8) is 0 Å². The van der Waals surface area contributed by atoms with Gasteiger partial charge in [0, 0.05) is 17.7 Å². The topological polar surface area (TPSA) is 66.4 Å². The molecule has 1 rings (SSSR count). The zero-order valence-electron chi connectivity index (χ0n) is 17.3. The zero-order chi connectivity index (χ0) is 22.7. The molecule has 0 aromatic heterocycles. The average Bonchev–Trinajstić information content (AvgIpc) is 2.68. The van der Waals surface area contributed by atoms with Gasteiger partial charge in [-0.05, 0) is 55.2 Å². The number of hydrogen-bond donors (Lipinski definition) is 2. The van der Waals surface area contributed by atoms with Crippen LogP contribution in [0.4, 0.5) is 14.5 Å². The highest BCUT2D eigenvalue weighted by molar-refractivity contribution is 6.31. The van der Waals surface area contributed by atoms with Crippen molar-refractivity contribution in [1.82, 2.24) is 0 Å². The van der Waals surface area contributed by atoms with Crippen molar-refractivity contribution in [3.05, 3.63) is 65.0 Å². The second-order valence-electron chi connectivity index (χ2n) is 7.26. The lowest BCUT2D eigenvalue weighted by molar-refractivity contribution is -0.115. The Morgan fingerprint density at radius 2 is 2.00 bits per heavy atom. The summed E-state index contributed by atoms with van der Waals surface area (Å²) in [7, 11) is 0. The number of hydrogen-bond acceptors (Lipinski definition) is 3. The van der Waals surface area contributed by atoms with E-state index in [4.69, 9.17) is 16.7 Å². The molecule has 0 saturated heterocycles. The van der Waals surface area contributed by atoms with Crippen molar-refractivity contribution < 1.29 is 23.5 Å². The van der Waals surface area contributed by atoms with Crippen LogP contribution in [0.25, 0.3) is 0 Å². The molecule has 0 bridgehead atoms. The molecule has 0 aliphatic rings. The number of halogens is 3. The lowest BCUT2D eigenvalue weighted by atomic mass is 9.96. The largest absolute Gasteiger partial charge is 0.393 e. The Morgan fingerprint density at radius 1 is 1.30 bits per heavy atom. The number of carbonyl (C=O) groups is 2. The van der Waals surface area contributed by atoms with E-state index >= 15 is 0 Å². The van der Waals surface area contributed by atoms with Crippen LogP contribution in [0.15, 0.2) is 54.2 Å². The number of anilines is 1. The molecular weight excluding hydrogens is 412 g/mol. The Labute approximate surface area is 181 Å². The highest BCUT2D eigenvalue weighted by Crippen LogP contribution is 2.20. The molecule has 0 radical (unpaired) electrons. The second kappa shape index (κ2) is 13.1. The van der Waals surface area contributed by atoms with Crippen LogP contribution in [0, 0.1) is 11.7 Å². The van der Waals surface area contributed by atoms with Gasteiger partial charge in [-0.3, -0.25) is 9.59 Å². The van der Waals surface area contributed by atoms with Crippen LogP contribution in [0.5, 0.6) is 0 Å². The predicted octanol–water partition coefficient (Wildman–Crippen LogP) is 5.57. The normalized spacial score (nSPS) is 14.2. The summed E-state index contributed by atoms with van der Waals surface area (Å²) >= 11 is 5.71. The molecule has 0 aliphatic carbocycles. The van der Waals surface area contributed by atoms with E-state index in [-0.39, 0.29) is 28.7 Å². The quantitative estimate of drug-likeness (QED) is 0.330. The lowest BCUT2D eigenvalue weighted by Crippen LogP contribution is -2.13. The number of benzene rings is 1. The van der Waals surface area contributed by atoms with Crippen LogP contribution in [0.1, 0.15) is 39.5 Å². The summed E-state index contributed by atoms with van der Waals surface area (Å²) in [6, 6.07) is 3.84. The van der Waals surface area contributed by atoms with E-state index in [1.54, 1.807) is 6.92 Å². The molecule has 1 aromatic carbocycles. The first-order valence-corrected chi connectivity index (χ1v) is 10.1. The molecule has 0 heterocycles. The average molecular weight is 440 g/mol. The number of aliphatic hydroxyl groups is 1. The highest BCUT2D eigenvalue weighted by Gasteiger charge is 2.11. The van der Waals surface area contributed by atoms with Gasteiger partial charge in [0.15, 0.2) is 5.78 Å². The summed E-state index contributed by atoms with van der Waals surface area (Å²) < 4.78 is 26.2. The predicted molar refractivity (Wildman–Crippen MR) is 117 cm³/mol. The Bertz CT molecular complexity index is 821. The minimum absolute atomic E-state index is 0.0850. The summed E-state index contributed by atoms with van der Waals surface area (Å²) in [5.41, 5.74) is 1.16. The van der Waals surface area contributed by atoms with E-state index in [1.807, 2.05) is 6.92 Å². The van der Waals surface area contributed by atoms with Crippen LogP contribution >= 0.6 is 11.6 Å². The van der Waals surface area contributed by atoms with Gasteiger partial charge in [0.05, 0.1) is 11.6 Å². The van der Waals surface area contributed by atoms with Crippen LogP contribution in [0.2, 0.25) is 5.02 Å². The standard InChI is InChI=1S/C23H28ClF2NO3/c1-4-17(23(30)27-19-8-9-22(26)21(24)13-19)10-16(3)12-20(29)11-15(2)6-5-7-18(25)14-28/h4,8-10,12-13,15,18,28H,1,5-7,11,14H2,2-3H3,(H,27,30)/b16-12+,17-10+. The third kappa shape index (κ3) is 9.46. The summed E-state index contributed by atoms with van der Waals surface area (Å²) in [6.45, 7) is 6.75. The van der Waals surface area contributed by atoms with Crippen molar-refractivity contribution in [3.8, 4) is 0 Å². The van der Waals surface area contributed by atoms with Crippen molar-refractivity contribution >= 4 is 29.0 Å². The Morgan fingerprint density at radius 3 is 2.60 bits per heavy atom. The Kier molecular flexibility index (Phi) is 11.2. The van der Waals surface area contributed by atoms with Gasteiger partial charge in [-0.25, -0.2) is 8.78 Å². The fraction of sp³-hybridized carbons (Fsp3) is 0.391. The van der Waals surface area contributed by atoms with E-state index in [1.165, 1.54) is 30.4 Å². The molecule has 4 nitrogen and oxygen atoms in total. The fourth-order valence-corrected chi connectivity index (χ4v) is 3.00. The Balaban J connectivity index is 2.67. The van der Waals surface area contributed by atoms with Gasteiger partial charge in [-0.1, -0.05) is 44.0 Å². The van der Waals surface area contributed by atoms with Crippen LogP contribution < -0.4 is 5.32 Å². The summed E-state index contributed by atoms with van der Waals surface area (Å²) in [5.74, 6) is -1.06. The number of alkyl halides is 1. The number of allylic oxidation sites excluding steroid dienone is 3. The molecule has 2 N–H and O–H groups in total. The smallest absolute Gasteiger partial charge is 0.255 e. The number of amides is 1. The minimum atomic E-state index is -1.21. The maximum Gasteiger partial charge on any atom is 0.255 e. The summed E-state index contributed by atoms with van der Waals surface area (Å²) in [6.07, 6.45) is 5.02. The summed E-state index contributed by atoms with van der Waals surface area (Å²) in [5, 5.41) is 11.2. The molecule has 1 aromatic rings. The van der Waals surface area contributed by atoms with Crippen LogP contribution in [0.3, 0.4) is 0 Å². The summed E-state index contributed by atoms with van der Waals surface area (Å²) in [4.78, 5) is 24.6. The van der Waals surface area contributed by atoms with Gasteiger partial charge < -0.3 is 10.4 Å². The third-order valence-corrected chi connectivity index (χ3v) is 4.68. The lowest BCUT2D eigenvalue weighted by Gasteiger charge is -2.10. The number of aliphatic hydroxyl groups excluding tert-OH is 1. The van der Waals surface area contributed by atoms with E-state index in [0.717, 1.165) is 6.07 Å². The van der Waals surface area contributed by atoms with Gasteiger partial charge in [-0.15, -0.1) is 0 Å². The molecule has 2 unspecified atom stereocenters. The van der Waals surface area contributed by atoms with Gasteiger partial charge in [-0.2, -0.15) is 0 Å². The zero-order valence-corrected chi connectivity index (χ0v) is 18.0. The first-order valence-electron chi connectivity index (χ1n) is 9.72. The van der Waals surface area contributed by atoms with Gasteiger partial charge in [0.2, 0.25) is 0 Å². The van der Waals surface area contributed by atoms with E-state index < -0.39 is 24.5 Å². The fourth-order valence-electron chi connectivity index (χ4n) is 2.82. The van der Waals surface area contributed by atoms with E-state index in [2.05, 4.69) is 11.9 Å². The second-order valence-corrected chi connectivity index (χ2v) is 7.67. The molecule has 30 heavy (non-hydrogen) atoms. The number of nitrogens with one attached hydrogen (secondary N) is 1. The molecule has 0 spiro atoms. The van der Waals surface area contributed by atoms with Crippen molar-refractivity contribution in [2.75, 3.05) is 11.9 Å². The number of rotatable bonds is 12. The Hall–Kier alpha value is -2.31. The molecule has 1 amide bonds. The van der Waals surface area contributed by atoms with Crippen molar-refractivity contribution in [1.29, 1.82) is 0 Å².